The molecule has 1 fully saturated rings. The van der Waals surface area contributed by atoms with E-state index in [0.29, 0.717) is 24.0 Å². The van der Waals surface area contributed by atoms with Crippen molar-refractivity contribution in [3.8, 4) is 5.75 Å². The number of sulfone groups is 1. The van der Waals surface area contributed by atoms with Crippen molar-refractivity contribution in [3.63, 3.8) is 0 Å². The Morgan fingerprint density at radius 2 is 2.00 bits per heavy atom. The van der Waals surface area contributed by atoms with E-state index < -0.39 is 15.9 Å². The van der Waals surface area contributed by atoms with Crippen LogP contribution in [0, 0.1) is 12.8 Å². The molecule has 0 spiro atoms. The van der Waals surface area contributed by atoms with Crippen molar-refractivity contribution < 1.29 is 23.1 Å². The van der Waals surface area contributed by atoms with Crippen LogP contribution in [0.2, 0.25) is 0 Å². The molecule has 0 unspecified atom stereocenters. The number of amides is 1. The zero-order chi connectivity index (χ0) is 17.0. The van der Waals surface area contributed by atoms with Gasteiger partial charge in [-0.25, -0.2) is 18.2 Å². The summed E-state index contributed by atoms with van der Waals surface area (Å²) in [7, 11) is -3.32. The highest BCUT2D eigenvalue weighted by atomic mass is 32.2. The zero-order valence-electron chi connectivity index (χ0n) is 13.3. The van der Waals surface area contributed by atoms with Crippen LogP contribution >= 0.6 is 0 Å². The topological polar surface area (TPSA) is 106 Å². The number of hydrogen-bond acceptors (Lipinski definition) is 5. The highest BCUT2D eigenvalue weighted by molar-refractivity contribution is 7.90. The first-order chi connectivity index (χ1) is 10.8. The number of nitrogens with zero attached hydrogens (tertiary/aromatic N) is 1. The van der Waals surface area contributed by atoms with Gasteiger partial charge in [0, 0.05) is 12.3 Å². The number of aryl methyl sites for hydroxylation is 1. The van der Waals surface area contributed by atoms with E-state index in [0.717, 1.165) is 31.9 Å². The van der Waals surface area contributed by atoms with Crippen LogP contribution in [0.3, 0.4) is 0 Å². The second kappa shape index (κ2) is 7.16. The van der Waals surface area contributed by atoms with Crippen LogP contribution in [0.25, 0.3) is 0 Å². The van der Waals surface area contributed by atoms with Crippen LogP contribution in [0.1, 0.15) is 31.4 Å². The van der Waals surface area contributed by atoms with Gasteiger partial charge in [0.05, 0.1) is 12.3 Å². The second-order valence-corrected chi connectivity index (χ2v) is 7.95. The number of carboxylic acid groups (broad SMARTS) is 1. The number of nitrogens with one attached hydrogen (secondary N) is 1. The largest absolute Gasteiger partial charge is 0.491 e. The van der Waals surface area contributed by atoms with Crippen LogP contribution in [-0.4, -0.2) is 43.5 Å². The van der Waals surface area contributed by atoms with E-state index >= 15 is 0 Å². The zero-order valence-corrected chi connectivity index (χ0v) is 14.1. The number of ether oxygens (including phenoxy) is 1. The highest BCUT2D eigenvalue weighted by Crippen LogP contribution is 2.26. The molecule has 128 valence electrons. The van der Waals surface area contributed by atoms with Gasteiger partial charge >= 0.3 is 6.09 Å². The molecular formula is C15H22N2O5S. The molecule has 0 atom stereocenters. The van der Waals surface area contributed by atoms with Crippen molar-refractivity contribution in [1.82, 2.24) is 10.3 Å². The summed E-state index contributed by atoms with van der Waals surface area (Å²) in [6, 6.07) is 3.11. The molecule has 0 aromatic carbocycles. The minimum atomic E-state index is -3.32. The van der Waals surface area contributed by atoms with Crippen molar-refractivity contribution >= 4 is 15.9 Å². The molecule has 2 rings (SSSR count). The van der Waals surface area contributed by atoms with E-state index in [9.17, 15) is 13.2 Å². The second-order valence-electron chi connectivity index (χ2n) is 5.98. The fourth-order valence-corrected chi connectivity index (χ4v) is 3.36. The molecule has 2 N–H and O–H groups in total. The predicted octanol–water partition coefficient (Wildman–Crippen LogP) is 2.00. The van der Waals surface area contributed by atoms with E-state index in [1.165, 1.54) is 6.07 Å². The summed E-state index contributed by atoms with van der Waals surface area (Å²) < 4.78 is 28.7. The van der Waals surface area contributed by atoms with E-state index in [1.807, 2.05) is 0 Å². The Morgan fingerprint density at radius 1 is 1.35 bits per heavy atom. The van der Waals surface area contributed by atoms with Gasteiger partial charge in [-0.15, -0.1) is 0 Å². The highest BCUT2D eigenvalue weighted by Gasteiger charge is 2.23. The van der Waals surface area contributed by atoms with E-state index in [-0.39, 0.29) is 11.1 Å². The van der Waals surface area contributed by atoms with Gasteiger partial charge in [0.1, 0.15) is 5.75 Å². The maximum absolute atomic E-state index is 11.5. The molecule has 7 nitrogen and oxygen atoms in total. The first kappa shape index (κ1) is 17.5. The van der Waals surface area contributed by atoms with E-state index in [4.69, 9.17) is 9.84 Å². The molecule has 1 aliphatic carbocycles. The lowest BCUT2D eigenvalue weighted by molar-refractivity contribution is 0.169. The molecule has 1 aromatic rings. The molecule has 0 aliphatic heterocycles. The van der Waals surface area contributed by atoms with Crippen LogP contribution in [0.5, 0.6) is 5.75 Å². The van der Waals surface area contributed by atoms with E-state index in [2.05, 4.69) is 10.3 Å². The summed E-state index contributed by atoms with van der Waals surface area (Å²) in [5.74, 6) is 0.957. The Balaban J connectivity index is 1.86. The lowest BCUT2D eigenvalue weighted by atomic mass is 9.86. The fraction of sp³-hybridized carbons (Fsp3) is 0.600. The number of rotatable bonds is 5. The minimum absolute atomic E-state index is 0.0289. The first-order valence-corrected chi connectivity index (χ1v) is 9.45. The summed E-state index contributed by atoms with van der Waals surface area (Å²) in [6.07, 6.45) is 3.57. The van der Waals surface area contributed by atoms with Crippen molar-refractivity contribution in [2.45, 2.75) is 43.7 Å². The predicted molar refractivity (Wildman–Crippen MR) is 84.5 cm³/mol. The van der Waals surface area contributed by atoms with Gasteiger partial charge in [-0.2, -0.15) is 0 Å². The third-order valence-electron chi connectivity index (χ3n) is 4.04. The van der Waals surface area contributed by atoms with Gasteiger partial charge in [-0.05, 0) is 50.7 Å². The van der Waals surface area contributed by atoms with Crippen molar-refractivity contribution in [1.29, 1.82) is 0 Å². The van der Waals surface area contributed by atoms with Crippen LogP contribution in [0.15, 0.2) is 17.2 Å². The molecule has 1 amide bonds. The molecule has 0 saturated heterocycles. The maximum atomic E-state index is 11.5. The number of hydrogen-bond donors (Lipinski definition) is 2. The summed E-state index contributed by atoms with van der Waals surface area (Å²) >= 11 is 0. The molecule has 23 heavy (non-hydrogen) atoms. The SMILES string of the molecule is Cc1nc(S(C)(=O)=O)ccc1OCC1CCC(NC(=O)O)CC1. The van der Waals surface area contributed by atoms with Gasteiger partial charge in [0.15, 0.2) is 14.9 Å². The van der Waals surface area contributed by atoms with Gasteiger partial charge in [-0.1, -0.05) is 0 Å². The molecular weight excluding hydrogens is 320 g/mol. The molecule has 1 aromatic heterocycles. The molecule has 0 bridgehead atoms. The molecule has 0 radical (unpaired) electrons. The number of aromatic nitrogens is 1. The average molecular weight is 342 g/mol. The lowest BCUT2D eigenvalue weighted by Gasteiger charge is -2.28. The van der Waals surface area contributed by atoms with Crippen molar-refractivity contribution in [2.75, 3.05) is 12.9 Å². The van der Waals surface area contributed by atoms with Gasteiger partial charge in [-0.3, -0.25) is 0 Å². The summed E-state index contributed by atoms with van der Waals surface area (Å²) in [6.45, 7) is 2.25. The fourth-order valence-electron chi connectivity index (χ4n) is 2.74. The van der Waals surface area contributed by atoms with Crippen molar-refractivity contribution in [2.24, 2.45) is 5.92 Å². The Kier molecular flexibility index (Phi) is 5.46. The third kappa shape index (κ3) is 5.09. The Morgan fingerprint density at radius 3 is 2.52 bits per heavy atom. The average Bonchev–Trinajstić information content (AvgIpc) is 2.46. The normalized spacial score (nSPS) is 21.7. The lowest BCUT2D eigenvalue weighted by Crippen LogP contribution is -2.37. The van der Waals surface area contributed by atoms with Crippen LogP contribution in [0.4, 0.5) is 4.79 Å². The van der Waals surface area contributed by atoms with Crippen molar-refractivity contribution in [3.05, 3.63) is 17.8 Å². The number of pyridine rings is 1. The van der Waals surface area contributed by atoms with Crippen LogP contribution < -0.4 is 10.1 Å². The quantitative estimate of drug-likeness (QED) is 0.848. The molecule has 1 saturated carbocycles. The van der Waals surface area contributed by atoms with Gasteiger partial charge in [0.25, 0.3) is 0 Å². The molecule has 1 heterocycles. The molecule has 8 heteroatoms. The first-order valence-electron chi connectivity index (χ1n) is 7.55. The Bertz CT molecular complexity index is 666. The Labute approximate surface area is 136 Å². The maximum Gasteiger partial charge on any atom is 0.404 e. The Hall–Kier alpha value is -1.83. The monoisotopic (exact) mass is 342 g/mol. The number of carbonyl (C=O) groups is 1. The van der Waals surface area contributed by atoms with Crippen LogP contribution in [-0.2, 0) is 9.84 Å². The summed E-state index contributed by atoms with van der Waals surface area (Å²) in [5, 5.41) is 11.3. The molecule has 1 aliphatic rings. The standard InChI is InChI=1S/C15H22N2O5S/c1-10-13(7-8-14(16-10)23(2,20)21)22-9-11-3-5-12(6-4-11)17-15(18)19/h7-8,11-12,17H,3-6,9H2,1-2H3,(H,18,19). The summed E-state index contributed by atoms with van der Waals surface area (Å²) in [5.41, 5.74) is 0.550. The van der Waals surface area contributed by atoms with Gasteiger partial charge < -0.3 is 15.2 Å². The smallest absolute Gasteiger partial charge is 0.404 e. The third-order valence-corrected chi connectivity index (χ3v) is 5.03. The van der Waals surface area contributed by atoms with E-state index in [1.54, 1.807) is 13.0 Å². The summed E-state index contributed by atoms with van der Waals surface area (Å²) in [4.78, 5) is 14.7. The minimum Gasteiger partial charge on any atom is -0.491 e. The van der Waals surface area contributed by atoms with Gasteiger partial charge in [0.2, 0.25) is 0 Å².